The van der Waals surface area contributed by atoms with Crippen LogP contribution in [0.15, 0.2) is 34.9 Å². The van der Waals surface area contributed by atoms with E-state index in [4.69, 9.17) is 17.3 Å². The molecule has 0 aliphatic heterocycles. The molecular weight excluding hydrogens is 291 g/mol. The van der Waals surface area contributed by atoms with Gasteiger partial charge in [0.15, 0.2) is 0 Å². The van der Waals surface area contributed by atoms with Gasteiger partial charge in [-0.3, -0.25) is 0 Å². The number of halogens is 2. The summed E-state index contributed by atoms with van der Waals surface area (Å²) in [6.07, 6.45) is 1.59. The summed E-state index contributed by atoms with van der Waals surface area (Å²) in [5, 5.41) is 3.28. The second-order valence-corrected chi connectivity index (χ2v) is 4.28. The fourth-order valence-electron chi connectivity index (χ4n) is 1.19. The molecule has 0 saturated heterocycles. The molecule has 0 atom stereocenters. The quantitative estimate of drug-likeness (QED) is 0.660. The third-order valence-corrected chi connectivity index (χ3v) is 2.63. The highest BCUT2D eigenvalue weighted by molar-refractivity contribution is 9.10. The lowest BCUT2D eigenvalue weighted by molar-refractivity contribution is 1.15. The number of nitrogen functional groups attached to an aromatic ring is 1. The van der Waals surface area contributed by atoms with E-state index in [-0.39, 0.29) is 5.28 Å². The Kier molecular flexibility index (Phi) is 3.26. The molecule has 0 fully saturated rings. The normalized spacial score (nSPS) is 10.1. The van der Waals surface area contributed by atoms with E-state index in [1.54, 1.807) is 6.20 Å². The highest BCUT2D eigenvalue weighted by Gasteiger charge is 2.04. The van der Waals surface area contributed by atoms with Crippen molar-refractivity contribution >= 4 is 44.7 Å². The minimum Gasteiger partial charge on any atom is -0.399 e. The van der Waals surface area contributed by atoms with Gasteiger partial charge >= 0.3 is 0 Å². The maximum absolute atomic E-state index is 5.71. The maximum Gasteiger partial charge on any atom is 0.224 e. The molecule has 3 N–H and O–H groups in total. The first-order chi connectivity index (χ1) is 7.65. The number of benzene rings is 1. The number of anilines is 3. The number of aromatic nitrogens is 2. The summed E-state index contributed by atoms with van der Waals surface area (Å²) in [6, 6.07) is 7.36. The Morgan fingerprint density at radius 3 is 2.94 bits per heavy atom. The predicted octanol–water partition coefficient (Wildman–Crippen LogP) is 3.22. The smallest absolute Gasteiger partial charge is 0.224 e. The van der Waals surface area contributed by atoms with Crippen LogP contribution in [0, 0.1) is 0 Å². The van der Waals surface area contributed by atoms with Gasteiger partial charge in [0.05, 0.1) is 4.47 Å². The van der Waals surface area contributed by atoms with Gasteiger partial charge < -0.3 is 11.1 Å². The van der Waals surface area contributed by atoms with Crippen molar-refractivity contribution in [2.24, 2.45) is 0 Å². The molecule has 0 radical (unpaired) electrons. The van der Waals surface area contributed by atoms with E-state index in [1.807, 2.05) is 24.3 Å². The molecule has 4 nitrogen and oxygen atoms in total. The minimum absolute atomic E-state index is 0.189. The number of hydrogen-bond acceptors (Lipinski definition) is 4. The number of hydrogen-bond donors (Lipinski definition) is 2. The first kappa shape index (κ1) is 11.2. The molecule has 0 aliphatic carbocycles. The van der Waals surface area contributed by atoms with Gasteiger partial charge in [-0.2, -0.15) is 4.98 Å². The molecule has 2 aromatic rings. The fourth-order valence-corrected chi connectivity index (χ4v) is 1.61. The lowest BCUT2D eigenvalue weighted by Crippen LogP contribution is -1.97. The van der Waals surface area contributed by atoms with Gasteiger partial charge in [0.2, 0.25) is 5.28 Å². The monoisotopic (exact) mass is 298 g/mol. The maximum atomic E-state index is 5.71. The van der Waals surface area contributed by atoms with Crippen LogP contribution >= 0.6 is 27.5 Å². The molecule has 2 rings (SSSR count). The standard InChI is InChI=1S/C10H8BrClN4/c11-8-5-14-10(12)16-9(8)15-7-3-1-2-6(13)4-7/h1-5H,13H2,(H,14,15,16). The van der Waals surface area contributed by atoms with Crippen molar-refractivity contribution in [3.8, 4) is 0 Å². The molecule has 0 bridgehead atoms. The van der Waals surface area contributed by atoms with Gasteiger partial charge in [-0.1, -0.05) is 6.07 Å². The number of rotatable bonds is 2. The zero-order chi connectivity index (χ0) is 11.5. The van der Waals surface area contributed by atoms with E-state index in [1.165, 1.54) is 0 Å². The highest BCUT2D eigenvalue weighted by Crippen LogP contribution is 2.24. The Balaban J connectivity index is 2.30. The van der Waals surface area contributed by atoms with E-state index < -0.39 is 0 Å². The lowest BCUT2D eigenvalue weighted by Gasteiger charge is -2.07. The summed E-state index contributed by atoms with van der Waals surface area (Å²) < 4.78 is 0.735. The van der Waals surface area contributed by atoms with Crippen molar-refractivity contribution in [3.05, 3.63) is 40.2 Å². The third-order valence-electron chi connectivity index (χ3n) is 1.86. The Morgan fingerprint density at radius 1 is 1.38 bits per heavy atom. The van der Waals surface area contributed by atoms with Crippen LogP contribution in [0.4, 0.5) is 17.2 Å². The van der Waals surface area contributed by atoms with Crippen LogP contribution in [0.2, 0.25) is 5.28 Å². The number of nitrogens with zero attached hydrogens (tertiary/aromatic N) is 2. The van der Waals surface area contributed by atoms with Gasteiger partial charge in [0.25, 0.3) is 0 Å². The lowest BCUT2D eigenvalue weighted by atomic mass is 10.3. The van der Waals surface area contributed by atoms with E-state index in [2.05, 4.69) is 31.2 Å². The summed E-state index contributed by atoms with van der Waals surface area (Å²) in [4.78, 5) is 7.89. The van der Waals surface area contributed by atoms with Crippen molar-refractivity contribution in [1.82, 2.24) is 9.97 Å². The van der Waals surface area contributed by atoms with E-state index in [0.717, 1.165) is 10.2 Å². The molecule has 0 amide bonds. The molecule has 0 saturated carbocycles. The van der Waals surface area contributed by atoms with Crippen LogP contribution in [0.5, 0.6) is 0 Å². The van der Waals surface area contributed by atoms with Gasteiger partial charge in [-0.15, -0.1) is 0 Å². The van der Waals surface area contributed by atoms with E-state index >= 15 is 0 Å². The van der Waals surface area contributed by atoms with Crippen molar-refractivity contribution in [1.29, 1.82) is 0 Å². The average molecular weight is 300 g/mol. The van der Waals surface area contributed by atoms with Crippen LogP contribution in [0.3, 0.4) is 0 Å². The Bertz CT molecular complexity index is 518. The SMILES string of the molecule is Nc1cccc(Nc2nc(Cl)ncc2Br)c1. The Labute approximate surface area is 106 Å². The third kappa shape index (κ3) is 2.62. The molecule has 0 unspecified atom stereocenters. The summed E-state index contributed by atoms with van der Waals surface area (Å²) >= 11 is 9.04. The summed E-state index contributed by atoms with van der Waals surface area (Å²) in [7, 11) is 0. The fraction of sp³-hybridized carbons (Fsp3) is 0. The summed E-state index contributed by atoms with van der Waals surface area (Å²) in [5.41, 5.74) is 7.19. The van der Waals surface area contributed by atoms with Gasteiger partial charge in [0.1, 0.15) is 5.82 Å². The zero-order valence-corrected chi connectivity index (χ0v) is 10.5. The van der Waals surface area contributed by atoms with Crippen LogP contribution in [0.1, 0.15) is 0 Å². The van der Waals surface area contributed by atoms with Crippen molar-refractivity contribution in [2.45, 2.75) is 0 Å². The van der Waals surface area contributed by atoms with Gasteiger partial charge in [-0.25, -0.2) is 4.98 Å². The van der Waals surface area contributed by atoms with Crippen LogP contribution in [-0.2, 0) is 0 Å². The second-order valence-electron chi connectivity index (χ2n) is 3.09. The minimum atomic E-state index is 0.189. The molecule has 0 aliphatic rings. The van der Waals surface area contributed by atoms with Crippen molar-refractivity contribution < 1.29 is 0 Å². The van der Waals surface area contributed by atoms with E-state index in [9.17, 15) is 0 Å². The summed E-state index contributed by atoms with van der Waals surface area (Å²) in [5.74, 6) is 0.602. The Morgan fingerprint density at radius 2 is 2.19 bits per heavy atom. The first-order valence-corrected chi connectivity index (χ1v) is 5.63. The average Bonchev–Trinajstić information content (AvgIpc) is 2.24. The Hall–Kier alpha value is -1.33. The molecule has 82 valence electrons. The van der Waals surface area contributed by atoms with Crippen molar-refractivity contribution in [3.63, 3.8) is 0 Å². The van der Waals surface area contributed by atoms with Gasteiger partial charge in [0, 0.05) is 17.6 Å². The molecule has 0 spiro atoms. The van der Waals surface area contributed by atoms with Crippen molar-refractivity contribution in [2.75, 3.05) is 11.1 Å². The van der Waals surface area contributed by atoms with Crippen LogP contribution in [-0.4, -0.2) is 9.97 Å². The molecule has 6 heteroatoms. The zero-order valence-electron chi connectivity index (χ0n) is 8.11. The first-order valence-electron chi connectivity index (χ1n) is 4.46. The molecule has 1 aromatic heterocycles. The number of nitrogens with two attached hydrogens (primary N) is 1. The largest absolute Gasteiger partial charge is 0.399 e. The van der Waals surface area contributed by atoms with E-state index in [0.29, 0.717) is 11.5 Å². The molecular formula is C10H8BrClN4. The number of nitrogens with one attached hydrogen (secondary N) is 1. The second kappa shape index (κ2) is 4.67. The highest BCUT2D eigenvalue weighted by atomic mass is 79.9. The van der Waals surface area contributed by atoms with Crippen LogP contribution in [0.25, 0.3) is 0 Å². The van der Waals surface area contributed by atoms with Gasteiger partial charge in [-0.05, 0) is 45.7 Å². The summed E-state index contributed by atoms with van der Waals surface area (Å²) in [6.45, 7) is 0. The van der Waals surface area contributed by atoms with Crippen LogP contribution < -0.4 is 11.1 Å². The molecule has 16 heavy (non-hydrogen) atoms. The molecule has 1 heterocycles. The predicted molar refractivity (Wildman–Crippen MR) is 68.9 cm³/mol. The molecule has 1 aromatic carbocycles. The topological polar surface area (TPSA) is 63.8 Å².